The number of likely N-dealkylation sites (tertiary alicyclic amines) is 1. The fourth-order valence-corrected chi connectivity index (χ4v) is 5.03. The van der Waals surface area contributed by atoms with Gasteiger partial charge >= 0.3 is 0 Å². The quantitative estimate of drug-likeness (QED) is 0.872. The number of ether oxygens (including phenoxy) is 1. The van der Waals surface area contributed by atoms with E-state index in [1.165, 1.54) is 11.1 Å². The number of hydrogen-bond donors (Lipinski definition) is 2. The van der Waals surface area contributed by atoms with Crippen molar-refractivity contribution < 1.29 is 9.53 Å². The summed E-state index contributed by atoms with van der Waals surface area (Å²) in [5.74, 6) is 1.79. The van der Waals surface area contributed by atoms with Gasteiger partial charge in [-0.3, -0.25) is 9.69 Å². The van der Waals surface area contributed by atoms with Gasteiger partial charge in [0.15, 0.2) is 0 Å². The third kappa shape index (κ3) is 3.01. The van der Waals surface area contributed by atoms with Crippen molar-refractivity contribution in [1.82, 2.24) is 10.2 Å². The molecule has 5 rings (SSSR count). The van der Waals surface area contributed by atoms with Crippen molar-refractivity contribution in [3.63, 3.8) is 0 Å². The third-order valence-electron chi connectivity index (χ3n) is 6.41. The first-order valence-corrected chi connectivity index (χ1v) is 9.78. The smallest absolute Gasteiger partial charge is 0.248 e. The topological polar surface area (TPSA) is 67.6 Å². The van der Waals surface area contributed by atoms with Crippen molar-refractivity contribution in [2.75, 3.05) is 26.2 Å². The highest BCUT2D eigenvalue weighted by Gasteiger charge is 2.44. The number of nitrogens with two attached hydrogens (primary N) is 1. The van der Waals surface area contributed by atoms with Gasteiger partial charge in [-0.2, -0.15) is 0 Å². The average Bonchev–Trinajstić information content (AvgIpc) is 3.35. The SMILES string of the molecule is NC(=O)c1cccc(O[C@@H]2c3ccccc3C[C@H]2N2C[C@H]3CNC[C@H]3C2)c1. The molecule has 2 heterocycles. The second-order valence-electron chi connectivity index (χ2n) is 8.03. The molecule has 2 aromatic carbocycles. The number of rotatable bonds is 4. The van der Waals surface area contributed by atoms with Gasteiger partial charge in [-0.15, -0.1) is 0 Å². The van der Waals surface area contributed by atoms with Crippen LogP contribution < -0.4 is 15.8 Å². The number of carbonyl (C=O) groups excluding carboxylic acids is 1. The largest absolute Gasteiger partial charge is 0.484 e. The number of amides is 1. The highest BCUT2D eigenvalue weighted by atomic mass is 16.5. The summed E-state index contributed by atoms with van der Waals surface area (Å²) in [6.07, 6.45) is 1.000. The van der Waals surface area contributed by atoms with Gasteiger partial charge in [-0.1, -0.05) is 30.3 Å². The van der Waals surface area contributed by atoms with Crippen molar-refractivity contribution in [2.45, 2.75) is 18.6 Å². The van der Waals surface area contributed by atoms with Gasteiger partial charge in [0, 0.05) is 18.7 Å². The molecular formula is C22H25N3O2. The number of primary amides is 1. The minimum atomic E-state index is -0.427. The summed E-state index contributed by atoms with van der Waals surface area (Å²) in [7, 11) is 0. The molecule has 5 nitrogen and oxygen atoms in total. The number of fused-ring (bicyclic) bond motifs is 2. The number of hydrogen-bond acceptors (Lipinski definition) is 4. The van der Waals surface area contributed by atoms with Crippen molar-refractivity contribution >= 4 is 5.91 Å². The molecule has 27 heavy (non-hydrogen) atoms. The standard InChI is InChI=1S/C22H25N3O2/c23-22(26)15-5-3-6-18(8-15)27-21-19-7-2-1-4-14(19)9-20(21)25-12-16-10-24-11-17(16)13-25/h1-8,16-17,20-21,24H,9-13H2,(H2,23,26)/t16-,17+,20-,21-/m1/s1. The molecule has 2 aliphatic heterocycles. The van der Waals surface area contributed by atoms with Crippen LogP contribution >= 0.6 is 0 Å². The molecule has 5 heteroatoms. The molecule has 0 bridgehead atoms. The molecule has 0 aromatic heterocycles. The summed E-state index contributed by atoms with van der Waals surface area (Å²) in [5, 5.41) is 3.52. The van der Waals surface area contributed by atoms with Crippen molar-refractivity contribution in [3.8, 4) is 5.75 Å². The molecule has 140 valence electrons. The molecule has 1 amide bonds. The molecule has 2 aromatic rings. The van der Waals surface area contributed by atoms with Crippen LogP contribution in [0.25, 0.3) is 0 Å². The van der Waals surface area contributed by atoms with Gasteiger partial charge < -0.3 is 15.8 Å². The summed E-state index contributed by atoms with van der Waals surface area (Å²) in [5.41, 5.74) is 8.56. The van der Waals surface area contributed by atoms with Gasteiger partial charge in [0.1, 0.15) is 11.9 Å². The Morgan fingerprint density at radius 3 is 2.63 bits per heavy atom. The van der Waals surface area contributed by atoms with Crippen LogP contribution in [0.1, 0.15) is 27.6 Å². The monoisotopic (exact) mass is 363 g/mol. The van der Waals surface area contributed by atoms with E-state index in [4.69, 9.17) is 10.5 Å². The van der Waals surface area contributed by atoms with Crippen LogP contribution in [-0.2, 0) is 6.42 Å². The van der Waals surface area contributed by atoms with E-state index in [1.54, 1.807) is 12.1 Å². The molecule has 3 N–H and O–H groups in total. The lowest BCUT2D eigenvalue weighted by Crippen LogP contribution is -2.40. The number of nitrogens with zero attached hydrogens (tertiary/aromatic N) is 1. The zero-order chi connectivity index (χ0) is 18.4. The lowest BCUT2D eigenvalue weighted by Gasteiger charge is -2.31. The molecule has 1 aliphatic carbocycles. The maximum absolute atomic E-state index is 11.5. The predicted molar refractivity (Wildman–Crippen MR) is 104 cm³/mol. The minimum absolute atomic E-state index is 0.0175. The van der Waals surface area contributed by atoms with E-state index in [0.29, 0.717) is 17.4 Å². The predicted octanol–water partition coefficient (Wildman–Crippen LogP) is 1.98. The third-order valence-corrected chi connectivity index (χ3v) is 6.41. The Labute approximate surface area is 159 Å². The molecule has 0 saturated carbocycles. The van der Waals surface area contributed by atoms with Crippen molar-refractivity contribution in [3.05, 3.63) is 65.2 Å². The van der Waals surface area contributed by atoms with E-state index in [1.807, 2.05) is 12.1 Å². The first kappa shape index (κ1) is 16.8. The molecule has 0 unspecified atom stereocenters. The van der Waals surface area contributed by atoms with E-state index in [9.17, 15) is 4.79 Å². The first-order valence-electron chi connectivity index (χ1n) is 9.78. The average molecular weight is 363 g/mol. The molecule has 2 saturated heterocycles. The Balaban J connectivity index is 1.43. The number of nitrogens with one attached hydrogen (secondary N) is 1. The van der Waals surface area contributed by atoms with E-state index in [-0.39, 0.29) is 6.10 Å². The van der Waals surface area contributed by atoms with Crippen LogP contribution in [-0.4, -0.2) is 43.0 Å². The Bertz CT molecular complexity index is 856. The van der Waals surface area contributed by atoms with Gasteiger partial charge in [0.25, 0.3) is 0 Å². The Kier molecular flexibility index (Phi) is 4.14. The van der Waals surface area contributed by atoms with Crippen LogP contribution in [0.5, 0.6) is 5.75 Å². The zero-order valence-corrected chi connectivity index (χ0v) is 15.3. The minimum Gasteiger partial charge on any atom is -0.484 e. The van der Waals surface area contributed by atoms with Crippen LogP contribution in [0.15, 0.2) is 48.5 Å². The van der Waals surface area contributed by atoms with E-state index in [2.05, 4.69) is 34.5 Å². The summed E-state index contributed by atoms with van der Waals surface area (Å²) in [4.78, 5) is 14.2. The Hall–Kier alpha value is -2.37. The maximum Gasteiger partial charge on any atom is 0.248 e. The van der Waals surface area contributed by atoms with Crippen LogP contribution in [0.4, 0.5) is 0 Å². The summed E-state index contributed by atoms with van der Waals surface area (Å²) >= 11 is 0. The molecule has 4 atom stereocenters. The fourth-order valence-electron chi connectivity index (χ4n) is 5.03. The Morgan fingerprint density at radius 2 is 1.85 bits per heavy atom. The van der Waals surface area contributed by atoms with Gasteiger partial charge in [0.2, 0.25) is 5.91 Å². The molecule has 0 spiro atoms. The number of carbonyl (C=O) groups is 1. The zero-order valence-electron chi connectivity index (χ0n) is 15.3. The van der Waals surface area contributed by atoms with Crippen molar-refractivity contribution in [2.24, 2.45) is 17.6 Å². The lowest BCUT2D eigenvalue weighted by atomic mass is 10.0. The normalized spacial score (nSPS) is 29.5. The van der Waals surface area contributed by atoms with Gasteiger partial charge in [0.05, 0.1) is 6.04 Å². The van der Waals surface area contributed by atoms with Gasteiger partial charge in [-0.05, 0) is 60.7 Å². The van der Waals surface area contributed by atoms with E-state index in [0.717, 1.165) is 44.4 Å². The highest BCUT2D eigenvalue weighted by molar-refractivity contribution is 5.93. The van der Waals surface area contributed by atoms with E-state index >= 15 is 0 Å². The summed E-state index contributed by atoms with van der Waals surface area (Å²) in [6.45, 7) is 4.54. The van der Waals surface area contributed by atoms with Crippen LogP contribution in [0, 0.1) is 11.8 Å². The highest BCUT2D eigenvalue weighted by Crippen LogP contribution is 2.41. The van der Waals surface area contributed by atoms with Crippen LogP contribution in [0.3, 0.4) is 0 Å². The van der Waals surface area contributed by atoms with Gasteiger partial charge in [-0.25, -0.2) is 0 Å². The van der Waals surface area contributed by atoms with Crippen molar-refractivity contribution in [1.29, 1.82) is 0 Å². The second-order valence-corrected chi connectivity index (χ2v) is 8.03. The summed E-state index contributed by atoms with van der Waals surface area (Å²) in [6, 6.07) is 16.1. The second kappa shape index (κ2) is 6.66. The number of benzene rings is 2. The molecular weight excluding hydrogens is 338 g/mol. The summed E-state index contributed by atoms with van der Waals surface area (Å²) < 4.78 is 6.47. The molecule has 0 radical (unpaired) electrons. The molecule has 3 aliphatic rings. The fraction of sp³-hybridized carbons (Fsp3) is 0.409. The first-order chi connectivity index (χ1) is 13.2. The Morgan fingerprint density at radius 1 is 1.07 bits per heavy atom. The lowest BCUT2D eigenvalue weighted by molar-refractivity contribution is 0.0886. The van der Waals surface area contributed by atoms with Crippen LogP contribution in [0.2, 0.25) is 0 Å². The maximum atomic E-state index is 11.5. The molecule has 2 fully saturated rings. The van der Waals surface area contributed by atoms with E-state index < -0.39 is 5.91 Å².